The molecule has 0 atom stereocenters. The first-order chi connectivity index (χ1) is 8.83. The molecule has 3 rings (SSSR count). The molecule has 1 aromatic rings. The summed E-state index contributed by atoms with van der Waals surface area (Å²) < 4.78 is 0. The van der Waals surface area contributed by atoms with Gasteiger partial charge in [-0.25, -0.2) is 0 Å². The number of thioether (sulfide) groups is 1. The number of hydrogen-bond acceptors (Lipinski definition) is 3. The van der Waals surface area contributed by atoms with Gasteiger partial charge in [0, 0.05) is 23.8 Å². The third-order valence-corrected chi connectivity index (χ3v) is 4.68. The maximum absolute atomic E-state index is 12.2. The largest absolute Gasteiger partial charge is 0.384 e. The van der Waals surface area contributed by atoms with Crippen LogP contribution in [-0.2, 0) is 6.42 Å². The van der Waals surface area contributed by atoms with E-state index in [0.717, 1.165) is 31.4 Å². The van der Waals surface area contributed by atoms with Crippen LogP contribution in [0.4, 0.5) is 5.69 Å². The summed E-state index contributed by atoms with van der Waals surface area (Å²) >= 11 is 1.98. The molecule has 0 aromatic heterocycles. The molecular weight excluding hydrogens is 244 g/mol. The SMILES string of the molecule is O=C(NC1CCSCC1)c1ccc2c(c1)CCN2. The summed E-state index contributed by atoms with van der Waals surface area (Å²) in [4.78, 5) is 12.2. The fraction of sp³-hybridized carbons (Fsp3) is 0.500. The second-order valence-electron chi connectivity index (χ2n) is 4.91. The molecule has 1 amide bonds. The van der Waals surface area contributed by atoms with Crippen molar-refractivity contribution in [3.05, 3.63) is 29.3 Å². The zero-order valence-electron chi connectivity index (χ0n) is 10.4. The maximum Gasteiger partial charge on any atom is 0.251 e. The fourth-order valence-electron chi connectivity index (χ4n) is 2.56. The molecule has 96 valence electrons. The summed E-state index contributed by atoms with van der Waals surface area (Å²) in [6.45, 7) is 0.986. The molecule has 0 unspecified atom stereocenters. The van der Waals surface area contributed by atoms with E-state index in [1.54, 1.807) is 0 Å². The first kappa shape index (κ1) is 11.9. The molecule has 4 heteroatoms. The summed E-state index contributed by atoms with van der Waals surface area (Å²) in [5, 5.41) is 6.47. The lowest BCUT2D eigenvalue weighted by atomic mass is 10.1. The molecule has 2 N–H and O–H groups in total. The number of nitrogens with one attached hydrogen (secondary N) is 2. The van der Waals surface area contributed by atoms with E-state index < -0.39 is 0 Å². The van der Waals surface area contributed by atoms with Crippen molar-refractivity contribution >= 4 is 23.4 Å². The van der Waals surface area contributed by atoms with Gasteiger partial charge in [-0.3, -0.25) is 4.79 Å². The molecule has 1 aromatic carbocycles. The van der Waals surface area contributed by atoms with Crippen LogP contribution in [0.25, 0.3) is 0 Å². The van der Waals surface area contributed by atoms with E-state index in [9.17, 15) is 4.79 Å². The van der Waals surface area contributed by atoms with Crippen LogP contribution in [0, 0.1) is 0 Å². The van der Waals surface area contributed by atoms with Crippen molar-refractivity contribution in [2.75, 3.05) is 23.4 Å². The Balaban J connectivity index is 1.68. The predicted octanol–water partition coefficient (Wildman–Crippen LogP) is 2.28. The number of fused-ring (bicyclic) bond motifs is 1. The van der Waals surface area contributed by atoms with E-state index in [2.05, 4.69) is 10.6 Å². The Morgan fingerprint density at radius 2 is 2.17 bits per heavy atom. The van der Waals surface area contributed by atoms with Crippen molar-refractivity contribution in [3.8, 4) is 0 Å². The van der Waals surface area contributed by atoms with E-state index in [1.165, 1.54) is 22.8 Å². The Morgan fingerprint density at radius 3 is 3.00 bits per heavy atom. The third-order valence-electron chi connectivity index (χ3n) is 3.63. The molecule has 1 fully saturated rings. The number of benzene rings is 1. The highest BCUT2D eigenvalue weighted by molar-refractivity contribution is 7.99. The number of hydrogen-bond donors (Lipinski definition) is 2. The maximum atomic E-state index is 12.2. The summed E-state index contributed by atoms with van der Waals surface area (Å²) in [6, 6.07) is 6.34. The van der Waals surface area contributed by atoms with Gasteiger partial charge < -0.3 is 10.6 Å². The van der Waals surface area contributed by atoms with Gasteiger partial charge in [-0.1, -0.05) is 0 Å². The highest BCUT2D eigenvalue weighted by Crippen LogP contribution is 2.23. The predicted molar refractivity (Wildman–Crippen MR) is 76.4 cm³/mol. The van der Waals surface area contributed by atoms with Crippen LogP contribution in [-0.4, -0.2) is 30.0 Å². The monoisotopic (exact) mass is 262 g/mol. The van der Waals surface area contributed by atoms with Crippen LogP contribution in [0.1, 0.15) is 28.8 Å². The smallest absolute Gasteiger partial charge is 0.251 e. The molecule has 0 radical (unpaired) electrons. The molecule has 18 heavy (non-hydrogen) atoms. The van der Waals surface area contributed by atoms with Crippen molar-refractivity contribution in [2.24, 2.45) is 0 Å². The highest BCUT2D eigenvalue weighted by atomic mass is 32.2. The minimum absolute atomic E-state index is 0.0848. The van der Waals surface area contributed by atoms with E-state index in [1.807, 2.05) is 30.0 Å². The molecule has 3 nitrogen and oxygen atoms in total. The Kier molecular flexibility index (Phi) is 3.46. The van der Waals surface area contributed by atoms with E-state index in [0.29, 0.717) is 6.04 Å². The number of carbonyl (C=O) groups is 1. The number of amides is 1. The molecule has 0 saturated carbocycles. The Labute approximate surface area is 112 Å². The van der Waals surface area contributed by atoms with Gasteiger partial charge in [0.1, 0.15) is 0 Å². The van der Waals surface area contributed by atoms with Crippen LogP contribution in [0.5, 0.6) is 0 Å². The molecule has 0 spiro atoms. The Morgan fingerprint density at radius 1 is 1.33 bits per heavy atom. The van der Waals surface area contributed by atoms with E-state index in [-0.39, 0.29) is 5.91 Å². The average Bonchev–Trinajstić information content (AvgIpc) is 2.87. The van der Waals surface area contributed by atoms with Crippen LogP contribution >= 0.6 is 11.8 Å². The fourth-order valence-corrected chi connectivity index (χ4v) is 3.66. The summed E-state index contributed by atoms with van der Waals surface area (Å²) in [5.74, 6) is 2.42. The van der Waals surface area contributed by atoms with Crippen molar-refractivity contribution in [1.82, 2.24) is 5.32 Å². The topological polar surface area (TPSA) is 41.1 Å². The van der Waals surface area contributed by atoms with E-state index in [4.69, 9.17) is 0 Å². The van der Waals surface area contributed by atoms with Gasteiger partial charge in [0.25, 0.3) is 5.91 Å². The summed E-state index contributed by atoms with van der Waals surface area (Å²) in [7, 11) is 0. The zero-order valence-corrected chi connectivity index (χ0v) is 11.2. The minimum Gasteiger partial charge on any atom is -0.384 e. The van der Waals surface area contributed by atoms with Gasteiger partial charge in [-0.15, -0.1) is 0 Å². The van der Waals surface area contributed by atoms with Gasteiger partial charge in [0.2, 0.25) is 0 Å². The average molecular weight is 262 g/mol. The van der Waals surface area contributed by atoms with Crippen LogP contribution < -0.4 is 10.6 Å². The van der Waals surface area contributed by atoms with Gasteiger partial charge >= 0.3 is 0 Å². The van der Waals surface area contributed by atoms with Crippen LogP contribution in [0.2, 0.25) is 0 Å². The lowest BCUT2D eigenvalue weighted by Crippen LogP contribution is -2.37. The van der Waals surface area contributed by atoms with Crippen molar-refractivity contribution < 1.29 is 4.79 Å². The van der Waals surface area contributed by atoms with Gasteiger partial charge in [-0.2, -0.15) is 11.8 Å². The van der Waals surface area contributed by atoms with Gasteiger partial charge in [0.05, 0.1) is 0 Å². The summed E-state index contributed by atoms with van der Waals surface area (Å²) in [6.07, 6.45) is 3.22. The van der Waals surface area contributed by atoms with Crippen molar-refractivity contribution in [1.29, 1.82) is 0 Å². The molecule has 2 heterocycles. The normalized spacial score (nSPS) is 19.1. The summed E-state index contributed by atoms with van der Waals surface area (Å²) in [5.41, 5.74) is 3.25. The Hall–Kier alpha value is -1.16. The second kappa shape index (κ2) is 5.22. The van der Waals surface area contributed by atoms with Gasteiger partial charge in [0.15, 0.2) is 0 Å². The highest BCUT2D eigenvalue weighted by Gasteiger charge is 2.18. The lowest BCUT2D eigenvalue weighted by Gasteiger charge is -2.22. The number of carbonyl (C=O) groups excluding carboxylic acids is 1. The minimum atomic E-state index is 0.0848. The van der Waals surface area contributed by atoms with E-state index >= 15 is 0 Å². The molecular formula is C14H18N2OS. The second-order valence-corrected chi connectivity index (χ2v) is 6.13. The van der Waals surface area contributed by atoms with Crippen molar-refractivity contribution in [2.45, 2.75) is 25.3 Å². The zero-order chi connectivity index (χ0) is 12.4. The standard InChI is InChI=1S/C14H18N2OS/c17-14(16-12-4-7-18-8-5-12)11-1-2-13-10(9-11)3-6-15-13/h1-2,9,12,15H,3-8H2,(H,16,17). The Bertz CT molecular complexity index is 455. The number of rotatable bonds is 2. The molecule has 1 saturated heterocycles. The van der Waals surface area contributed by atoms with Gasteiger partial charge in [-0.05, 0) is 54.5 Å². The first-order valence-corrected chi connectivity index (χ1v) is 7.74. The number of anilines is 1. The molecule has 2 aliphatic rings. The molecule has 0 bridgehead atoms. The third kappa shape index (κ3) is 2.48. The molecule has 0 aliphatic carbocycles. The van der Waals surface area contributed by atoms with Crippen LogP contribution in [0.3, 0.4) is 0 Å². The van der Waals surface area contributed by atoms with Crippen LogP contribution in [0.15, 0.2) is 18.2 Å². The first-order valence-electron chi connectivity index (χ1n) is 6.58. The molecule has 2 aliphatic heterocycles. The van der Waals surface area contributed by atoms with Crippen molar-refractivity contribution in [3.63, 3.8) is 0 Å². The quantitative estimate of drug-likeness (QED) is 0.859. The lowest BCUT2D eigenvalue weighted by molar-refractivity contribution is 0.0935.